The van der Waals surface area contributed by atoms with E-state index in [9.17, 15) is 4.79 Å². The van der Waals surface area contributed by atoms with Gasteiger partial charge in [0.25, 0.3) is 0 Å². The molecule has 4 nitrogen and oxygen atoms in total. The van der Waals surface area contributed by atoms with E-state index in [1.54, 1.807) is 0 Å². The highest BCUT2D eigenvalue weighted by Crippen LogP contribution is 2.29. The van der Waals surface area contributed by atoms with Crippen LogP contribution in [0.3, 0.4) is 0 Å². The van der Waals surface area contributed by atoms with Crippen molar-refractivity contribution in [3.05, 3.63) is 0 Å². The largest absolute Gasteiger partial charge is 0.352 e. The second-order valence-corrected chi connectivity index (χ2v) is 5.04. The van der Waals surface area contributed by atoms with Gasteiger partial charge in [-0.05, 0) is 24.7 Å². The highest BCUT2D eigenvalue weighted by molar-refractivity contribution is 5.71. The number of hydrogen-bond donors (Lipinski definition) is 3. The normalized spacial score (nSPS) is 25.7. The number of urea groups is 1. The fraction of sp³-hybridized carbons (Fsp3) is 0.917. The summed E-state index contributed by atoms with van der Waals surface area (Å²) < 4.78 is 0. The number of hydrogen-bond acceptors (Lipinski definition) is 2. The van der Waals surface area contributed by atoms with Crippen molar-refractivity contribution in [2.24, 2.45) is 17.6 Å². The van der Waals surface area contributed by atoms with E-state index in [1.165, 1.54) is 25.7 Å². The third kappa shape index (κ3) is 4.39. The Labute approximate surface area is 98.3 Å². The van der Waals surface area contributed by atoms with Gasteiger partial charge in [0.2, 0.25) is 0 Å². The van der Waals surface area contributed by atoms with Crippen LogP contribution >= 0.6 is 0 Å². The summed E-state index contributed by atoms with van der Waals surface area (Å²) in [4.78, 5) is 10.5. The van der Waals surface area contributed by atoms with Gasteiger partial charge in [-0.1, -0.05) is 26.7 Å². The maximum Gasteiger partial charge on any atom is 0.312 e. The molecule has 16 heavy (non-hydrogen) atoms. The molecule has 1 rings (SSSR count). The molecule has 0 heterocycles. The molecule has 2 unspecified atom stereocenters. The summed E-state index contributed by atoms with van der Waals surface area (Å²) in [6.45, 7) is 6.03. The summed E-state index contributed by atoms with van der Waals surface area (Å²) in [6.07, 6.45) is 5.28. The monoisotopic (exact) mass is 227 g/mol. The Hall–Kier alpha value is -0.770. The lowest BCUT2D eigenvalue weighted by Crippen LogP contribution is -2.44. The summed E-state index contributed by atoms with van der Waals surface area (Å²) in [5, 5.41) is 6.14. The summed E-state index contributed by atoms with van der Waals surface area (Å²) >= 11 is 0. The Bertz CT molecular complexity index is 218. The number of amides is 2. The summed E-state index contributed by atoms with van der Waals surface area (Å²) in [6, 6.07) is 0.175. The summed E-state index contributed by atoms with van der Waals surface area (Å²) in [5.74, 6) is 1.52. The average Bonchev–Trinajstić information content (AvgIpc) is 2.24. The van der Waals surface area contributed by atoms with Gasteiger partial charge in [-0.2, -0.15) is 0 Å². The number of nitrogens with one attached hydrogen (secondary N) is 2. The quantitative estimate of drug-likeness (QED) is 0.622. The molecule has 0 aromatic carbocycles. The van der Waals surface area contributed by atoms with Crippen molar-refractivity contribution in [2.45, 2.75) is 45.6 Å². The lowest BCUT2D eigenvalue weighted by molar-refractivity contribution is 0.206. The fourth-order valence-corrected chi connectivity index (χ4v) is 2.65. The second kappa shape index (κ2) is 6.74. The first-order valence-electron chi connectivity index (χ1n) is 6.38. The van der Waals surface area contributed by atoms with Crippen LogP contribution in [0, 0.1) is 11.8 Å². The second-order valence-electron chi connectivity index (χ2n) is 5.04. The van der Waals surface area contributed by atoms with E-state index < -0.39 is 6.03 Å². The Morgan fingerprint density at radius 3 is 2.62 bits per heavy atom. The van der Waals surface area contributed by atoms with Gasteiger partial charge in [-0.3, -0.25) is 0 Å². The number of carbonyl (C=O) groups is 1. The Morgan fingerprint density at radius 2 is 2.00 bits per heavy atom. The minimum absolute atomic E-state index is 0.439. The topological polar surface area (TPSA) is 67.2 Å². The third-order valence-corrected chi connectivity index (χ3v) is 3.51. The maximum atomic E-state index is 10.5. The van der Waals surface area contributed by atoms with E-state index in [1.807, 2.05) is 0 Å². The Morgan fingerprint density at radius 1 is 1.31 bits per heavy atom. The molecule has 4 N–H and O–H groups in total. The zero-order chi connectivity index (χ0) is 12.0. The molecule has 2 amide bonds. The van der Waals surface area contributed by atoms with Crippen LogP contribution in [0.2, 0.25) is 0 Å². The van der Waals surface area contributed by atoms with E-state index >= 15 is 0 Å². The highest BCUT2D eigenvalue weighted by Gasteiger charge is 2.26. The zero-order valence-corrected chi connectivity index (χ0v) is 10.5. The van der Waals surface area contributed by atoms with Gasteiger partial charge >= 0.3 is 6.03 Å². The molecule has 1 saturated carbocycles. The first-order valence-corrected chi connectivity index (χ1v) is 6.38. The molecule has 0 aromatic rings. The van der Waals surface area contributed by atoms with E-state index in [4.69, 9.17) is 5.73 Å². The summed E-state index contributed by atoms with van der Waals surface area (Å²) in [5.41, 5.74) is 5.01. The van der Waals surface area contributed by atoms with Gasteiger partial charge in [-0.15, -0.1) is 0 Å². The standard InChI is InChI=1S/C12H25N3O/c1-9(2)10-5-3-4-6-11(10)14-7-8-15-12(13)16/h9-11,14H,3-8H2,1-2H3,(H3,13,15,16). The van der Waals surface area contributed by atoms with Crippen molar-refractivity contribution in [1.29, 1.82) is 0 Å². The van der Waals surface area contributed by atoms with E-state index in [2.05, 4.69) is 24.5 Å². The van der Waals surface area contributed by atoms with E-state index in [0.717, 1.165) is 18.4 Å². The van der Waals surface area contributed by atoms with Crippen molar-refractivity contribution in [3.63, 3.8) is 0 Å². The Kier molecular flexibility index (Phi) is 5.60. The highest BCUT2D eigenvalue weighted by atomic mass is 16.2. The summed E-state index contributed by atoms with van der Waals surface area (Å²) in [7, 11) is 0. The van der Waals surface area contributed by atoms with E-state index in [-0.39, 0.29) is 0 Å². The predicted molar refractivity (Wildman–Crippen MR) is 66.2 cm³/mol. The lowest BCUT2D eigenvalue weighted by Gasteiger charge is -2.35. The Balaban J connectivity index is 2.24. The van der Waals surface area contributed by atoms with Crippen molar-refractivity contribution in [3.8, 4) is 0 Å². The number of rotatable bonds is 5. The van der Waals surface area contributed by atoms with E-state index in [0.29, 0.717) is 12.6 Å². The molecule has 4 heteroatoms. The molecule has 0 bridgehead atoms. The van der Waals surface area contributed by atoms with Crippen molar-refractivity contribution < 1.29 is 4.79 Å². The van der Waals surface area contributed by atoms with Gasteiger partial charge in [0.15, 0.2) is 0 Å². The van der Waals surface area contributed by atoms with Crippen LogP contribution in [0.4, 0.5) is 4.79 Å². The van der Waals surface area contributed by atoms with Gasteiger partial charge in [0.05, 0.1) is 0 Å². The van der Waals surface area contributed by atoms with Crippen molar-refractivity contribution in [2.75, 3.05) is 13.1 Å². The molecule has 0 spiro atoms. The average molecular weight is 227 g/mol. The molecule has 2 atom stereocenters. The number of carbonyl (C=O) groups excluding carboxylic acids is 1. The molecular weight excluding hydrogens is 202 g/mol. The smallest absolute Gasteiger partial charge is 0.312 e. The number of nitrogens with two attached hydrogens (primary N) is 1. The van der Waals surface area contributed by atoms with Crippen LogP contribution in [0.15, 0.2) is 0 Å². The van der Waals surface area contributed by atoms with Gasteiger partial charge < -0.3 is 16.4 Å². The first kappa shape index (κ1) is 13.3. The molecule has 0 aromatic heterocycles. The minimum Gasteiger partial charge on any atom is -0.352 e. The van der Waals surface area contributed by atoms with Crippen LogP contribution in [0.1, 0.15) is 39.5 Å². The molecule has 1 fully saturated rings. The van der Waals surface area contributed by atoms with Crippen molar-refractivity contribution >= 4 is 6.03 Å². The zero-order valence-electron chi connectivity index (χ0n) is 10.5. The predicted octanol–water partition coefficient (Wildman–Crippen LogP) is 1.46. The molecule has 0 radical (unpaired) electrons. The molecular formula is C12H25N3O. The maximum absolute atomic E-state index is 10.5. The SMILES string of the molecule is CC(C)C1CCCCC1NCCNC(N)=O. The van der Waals surface area contributed by atoms with Crippen LogP contribution in [0.5, 0.6) is 0 Å². The fourth-order valence-electron chi connectivity index (χ4n) is 2.65. The molecule has 0 aliphatic heterocycles. The molecule has 1 aliphatic rings. The van der Waals surface area contributed by atoms with Crippen molar-refractivity contribution in [1.82, 2.24) is 10.6 Å². The van der Waals surface area contributed by atoms with Crippen LogP contribution < -0.4 is 16.4 Å². The molecule has 0 saturated heterocycles. The van der Waals surface area contributed by atoms with Crippen LogP contribution in [0.25, 0.3) is 0 Å². The molecule has 94 valence electrons. The van der Waals surface area contributed by atoms with Crippen LogP contribution in [-0.2, 0) is 0 Å². The van der Waals surface area contributed by atoms with Gasteiger partial charge in [0.1, 0.15) is 0 Å². The molecule has 1 aliphatic carbocycles. The lowest BCUT2D eigenvalue weighted by atomic mass is 9.78. The van der Waals surface area contributed by atoms with Gasteiger partial charge in [-0.25, -0.2) is 4.79 Å². The third-order valence-electron chi connectivity index (χ3n) is 3.51. The number of primary amides is 1. The minimum atomic E-state index is -0.439. The first-order chi connectivity index (χ1) is 7.61. The van der Waals surface area contributed by atoms with Crippen LogP contribution in [-0.4, -0.2) is 25.2 Å². The van der Waals surface area contributed by atoms with Gasteiger partial charge in [0, 0.05) is 19.1 Å².